The number of methoxy groups -OCH3 is 1. The highest BCUT2D eigenvalue weighted by molar-refractivity contribution is 5.82. The van der Waals surface area contributed by atoms with Crippen molar-refractivity contribution in [2.24, 2.45) is 5.92 Å². The summed E-state index contributed by atoms with van der Waals surface area (Å²) in [5.41, 5.74) is 0. The molecule has 0 spiro atoms. The van der Waals surface area contributed by atoms with E-state index in [1.54, 1.807) is 7.11 Å². The van der Waals surface area contributed by atoms with E-state index in [1.165, 1.54) is 0 Å². The lowest BCUT2D eigenvalue weighted by atomic mass is 9.95. The molecule has 16 heavy (non-hydrogen) atoms. The summed E-state index contributed by atoms with van der Waals surface area (Å²) in [5.74, 6) is 0.831. The number of ether oxygens (including phenoxy) is 1. The molecule has 3 atom stereocenters. The van der Waals surface area contributed by atoms with Crippen LogP contribution in [-0.4, -0.2) is 49.7 Å². The molecule has 2 aliphatic heterocycles. The van der Waals surface area contributed by atoms with Crippen molar-refractivity contribution in [2.75, 3.05) is 26.7 Å². The predicted octanol–water partition coefficient (Wildman–Crippen LogP) is 0.622. The second-order valence-corrected chi connectivity index (χ2v) is 4.97. The molecule has 0 bridgehead atoms. The van der Waals surface area contributed by atoms with Crippen LogP contribution in [0.2, 0.25) is 0 Å². The summed E-state index contributed by atoms with van der Waals surface area (Å²) >= 11 is 0. The maximum Gasteiger partial charge on any atom is 0.239 e. The third-order valence-electron chi connectivity index (χ3n) is 3.86. The van der Waals surface area contributed by atoms with Crippen LogP contribution in [0.15, 0.2) is 0 Å². The average molecular weight is 226 g/mol. The Morgan fingerprint density at radius 3 is 2.88 bits per heavy atom. The zero-order valence-electron chi connectivity index (χ0n) is 10.2. The minimum Gasteiger partial charge on any atom is -0.379 e. The van der Waals surface area contributed by atoms with E-state index in [4.69, 9.17) is 4.74 Å². The van der Waals surface area contributed by atoms with E-state index in [2.05, 4.69) is 12.2 Å². The van der Waals surface area contributed by atoms with Crippen LogP contribution in [-0.2, 0) is 9.53 Å². The van der Waals surface area contributed by atoms with Crippen LogP contribution < -0.4 is 5.32 Å². The molecule has 2 rings (SSSR count). The summed E-state index contributed by atoms with van der Waals surface area (Å²) in [6.07, 6.45) is 3.37. The van der Waals surface area contributed by atoms with Gasteiger partial charge in [0.1, 0.15) is 0 Å². The van der Waals surface area contributed by atoms with E-state index in [9.17, 15) is 4.79 Å². The molecule has 2 fully saturated rings. The summed E-state index contributed by atoms with van der Waals surface area (Å²) in [4.78, 5) is 14.1. The number of nitrogens with one attached hydrogen (secondary N) is 1. The number of nitrogens with zero attached hydrogens (tertiary/aromatic N) is 1. The lowest BCUT2D eigenvalue weighted by molar-refractivity contribution is -0.138. The van der Waals surface area contributed by atoms with E-state index in [0.717, 1.165) is 38.9 Å². The van der Waals surface area contributed by atoms with Gasteiger partial charge >= 0.3 is 0 Å². The van der Waals surface area contributed by atoms with E-state index in [-0.39, 0.29) is 18.1 Å². The molecule has 0 aromatic rings. The molecule has 92 valence electrons. The summed E-state index contributed by atoms with van der Waals surface area (Å²) in [5, 5.41) is 3.27. The third-order valence-corrected chi connectivity index (χ3v) is 3.86. The van der Waals surface area contributed by atoms with Crippen molar-refractivity contribution >= 4 is 5.91 Å². The molecule has 1 N–H and O–H groups in total. The Labute approximate surface area is 97.3 Å². The van der Waals surface area contributed by atoms with Crippen LogP contribution in [0.1, 0.15) is 26.2 Å². The normalized spacial score (nSPS) is 35.4. The van der Waals surface area contributed by atoms with Gasteiger partial charge in [-0.2, -0.15) is 0 Å². The van der Waals surface area contributed by atoms with Crippen molar-refractivity contribution in [3.8, 4) is 0 Å². The minimum absolute atomic E-state index is 0.0610. The summed E-state index contributed by atoms with van der Waals surface area (Å²) < 4.78 is 5.43. The van der Waals surface area contributed by atoms with Crippen LogP contribution in [0.25, 0.3) is 0 Å². The lowest BCUT2D eigenvalue weighted by Gasteiger charge is -2.37. The number of rotatable bonds is 2. The van der Waals surface area contributed by atoms with Crippen LogP contribution in [0, 0.1) is 5.92 Å². The van der Waals surface area contributed by atoms with Crippen LogP contribution in [0.4, 0.5) is 0 Å². The molecule has 0 aromatic heterocycles. The highest BCUT2D eigenvalue weighted by atomic mass is 16.5. The first kappa shape index (κ1) is 11.9. The summed E-state index contributed by atoms with van der Waals surface area (Å²) in [6.45, 7) is 4.82. The molecule has 0 radical (unpaired) electrons. The SMILES string of the molecule is COC1CN(C(=O)C2CCCN2)CCC1C. The Kier molecular flexibility index (Phi) is 3.82. The van der Waals surface area contributed by atoms with E-state index in [1.807, 2.05) is 4.90 Å². The molecule has 2 aliphatic rings. The summed E-state index contributed by atoms with van der Waals surface area (Å²) in [6, 6.07) is 0.0610. The molecule has 2 saturated heterocycles. The number of amides is 1. The number of piperidine rings is 1. The number of hydrogen-bond donors (Lipinski definition) is 1. The maximum atomic E-state index is 12.2. The number of hydrogen-bond acceptors (Lipinski definition) is 3. The predicted molar refractivity (Wildman–Crippen MR) is 62.2 cm³/mol. The highest BCUT2D eigenvalue weighted by Gasteiger charge is 2.33. The Morgan fingerprint density at radius 2 is 2.25 bits per heavy atom. The van der Waals surface area contributed by atoms with Crippen LogP contribution >= 0.6 is 0 Å². The fraction of sp³-hybridized carbons (Fsp3) is 0.917. The molecule has 0 aromatic carbocycles. The highest BCUT2D eigenvalue weighted by Crippen LogP contribution is 2.21. The number of carbonyl (C=O) groups excluding carboxylic acids is 1. The first-order chi connectivity index (χ1) is 7.72. The van der Waals surface area contributed by atoms with Gasteiger partial charge in [0, 0.05) is 20.2 Å². The van der Waals surface area contributed by atoms with Gasteiger partial charge in [0.15, 0.2) is 0 Å². The summed E-state index contributed by atoms with van der Waals surface area (Å²) in [7, 11) is 1.74. The molecule has 2 heterocycles. The Bertz CT molecular complexity index is 251. The first-order valence-corrected chi connectivity index (χ1v) is 6.27. The van der Waals surface area contributed by atoms with Crippen molar-refractivity contribution in [1.29, 1.82) is 0 Å². The second kappa shape index (κ2) is 5.15. The maximum absolute atomic E-state index is 12.2. The van der Waals surface area contributed by atoms with Crippen molar-refractivity contribution in [2.45, 2.75) is 38.3 Å². The number of likely N-dealkylation sites (tertiary alicyclic amines) is 1. The molecule has 0 saturated carbocycles. The topological polar surface area (TPSA) is 41.6 Å². The van der Waals surface area contributed by atoms with Crippen molar-refractivity contribution in [3.63, 3.8) is 0 Å². The molecule has 4 heteroatoms. The Hall–Kier alpha value is -0.610. The number of carbonyl (C=O) groups is 1. The quantitative estimate of drug-likeness (QED) is 0.750. The molecule has 3 unspecified atom stereocenters. The fourth-order valence-corrected chi connectivity index (χ4v) is 2.66. The van der Waals surface area contributed by atoms with Gasteiger partial charge in [0.25, 0.3) is 0 Å². The van der Waals surface area contributed by atoms with Crippen molar-refractivity contribution in [1.82, 2.24) is 10.2 Å². The van der Waals surface area contributed by atoms with E-state index in [0.29, 0.717) is 5.92 Å². The zero-order chi connectivity index (χ0) is 11.5. The third kappa shape index (κ3) is 2.38. The van der Waals surface area contributed by atoms with Gasteiger partial charge in [-0.1, -0.05) is 6.92 Å². The fourth-order valence-electron chi connectivity index (χ4n) is 2.66. The van der Waals surface area contributed by atoms with Crippen LogP contribution in [0.5, 0.6) is 0 Å². The average Bonchev–Trinajstić information content (AvgIpc) is 2.82. The second-order valence-electron chi connectivity index (χ2n) is 4.97. The Balaban J connectivity index is 1.91. The van der Waals surface area contributed by atoms with Gasteiger partial charge in [0.05, 0.1) is 12.1 Å². The van der Waals surface area contributed by atoms with E-state index < -0.39 is 0 Å². The van der Waals surface area contributed by atoms with Gasteiger partial charge in [0.2, 0.25) is 5.91 Å². The molecule has 1 amide bonds. The lowest BCUT2D eigenvalue weighted by Crippen LogP contribution is -2.51. The molecule has 0 aliphatic carbocycles. The minimum atomic E-state index is 0.0610. The Morgan fingerprint density at radius 1 is 1.44 bits per heavy atom. The zero-order valence-corrected chi connectivity index (χ0v) is 10.2. The van der Waals surface area contributed by atoms with Gasteiger partial charge in [-0.3, -0.25) is 4.79 Å². The van der Waals surface area contributed by atoms with Crippen molar-refractivity contribution < 1.29 is 9.53 Å². The van der Waals surface area contributed by atoms with Gasteiger partial charge in [-0.15, -0.1) is 0 Å². The van der Waals surface area contributed by atoms with Gasteiger partial charge in [-0.25, -0.2) is 0 Å². The van der Waals surface area contributed by atoms with Gasteiger partial charge in [-0.05, 0) is 31.7 Å². The van der Waals surface area contributed by atoms with Gasteiger partial charge < -0.3 is 15.0 Å². The monoisotopic (exact) mass is 226 g/mol. The smallest absolute Gasteiger partial charge is 0.239 e. The van der Waals surface area contributed by atoms with E-state index >= 15 is 0 Å². The molecular formula is C12H22N2O2. The largest absolute Gasteiger partial charge is 0.379 e. The molecule has 4 nitrogen and oxygen atoms in total. The van der Waals surface area contributed by atoms with Crippen molar-refractivity contribution in [3.05, 3.63) is 0 Å². The van der Waals surface area contributed by atoms with Crippen LogP contribution in [0.3, 0.4) is 0 Å². The molecular weight excluding hydrogens is 204 g/mol. The standard InChI is InChI=1S/C12H22N2O2/c1-9-5-7-14(8-11(9)16-2)12(15)10-4-3-6-13-10/h9-11,13H,3-8H2,1-2H3. The first-order valence-electron chi connectivity index (χ1n) is 6.27.